The molecule has 0 heterocycles. The Balaban J connectivity index is 2.76. The van der Waals surface area contributed by atoms with Crippen molar-refractivity contribution >= 4 is 17.4 Å². The van der Waals surface area contributed by atoms with Crippen molar-refractivity contribution in [3.05, 3.63) is 34.6 Å². The summed E-state index contributed by atoms with van der Waals surface area (Å²) < 4.78 is 13.0. The summed E-state index contributed by atoms with van der Waals surface area (Å²) in [7, 11) is 0. The lowest BCUT2D eigenvalue weighted by molar-refractivity contribution is 0.0979. The van der Waals surface area contributed by atoms with Gasteiger partial charge in [0.1, 0.15) is 5.82 Å². The third-order valence-corrected chi connectivity index (χ3v) is 2.31. The van der Waals surface area contributed by atoms with Crippen LogP contribution in [0.2, 0.25) is 5.02 Å². The number of carbonyl (C=O) groups is 1. The van der Waals surface area contributed by atoms with Crippen LogP contribution in [0.15, 0.2) is 18.2 Å². The van der Waals surface area contributed by atoms with E-state index in [2.05, 4.69) is 0 Å². The van der Waals surface area contributed by atoms with Crippen molar-refractivity contribution in [2.45, 2.75) is 26.2 Å². The number of hydrogen-bond donors (Lipinski definition) is 0. The van der Waals surface area contributed by atoms with Crippen molar-refractivity contribution in [2.75, 3.05) is 0 Å². The predicted molar refractivity (Wildman–Crippen MR) is 55.3 cm³/mol. The van der Waals surface area contributed by atoms with E-state index in [1.54, 1.807) is 6.07 Å². The van der Waals surface area contributed by atoms with Gasteiger partial charge in [-0.1, -0.05) is 24.9 Å². The van der Waals surface area contributed by atoms with Crippen LogP contribution < -0.4 is 0 Å². The molecule has 76 valence electrons. The van der Waals surface area contributed by atoms with Crippen LogP contribution in [-0.4, -0.2) is 5.78 Å². The number of benzene rings is 1. The SMILES string of the molecule is CCCCC(=O)c1ccc(Cl)c(F)c1. The lowest BCUT2D eigenvalue weighted by atomic mass is 10.1. The van der Waals surface area contributed by atoms with Crippen LogP contribution in [0.25, 0.3) is 0 Å². The number of hydrogen-bond acceptors (Lipinski definition) is 1. The minimum absolute atomic E-state index is 0.0255. The van der Waals surface area contributed by atoms with Gasteiger partial charge in [-0.3, -0.25) is 4.79 Å². The minimum Gasteiger partial charge on any atom is -0.294 e. The van der Waals surface area contributed by atoms with E-state index in [0.29, 0.717) is 12.0 Å². The van der Waals surface area contributed by atoms with Crippen LogP contribution in [-0.2, 0) is 0 Å². The highest BCUT2D eigenvalue weighted by Gasteiger charge is 2.07. The van der Waals surface area contributed by atoms with E-state index in [1.807, 2.05) is 6.92 Å². The first-order chi connectivity index (χ1) is 6.65. The van der Waals surface area contributed by atoms with Gasteiger partial charge in [0, 0.05) is 12.0 Å². The quantitative estimate of drug-likeness (QED) is 0.696. The molecule has 0 aliphatic heterocycles. The molecule has 0 fully saturated rings. The molecule has 0 aromatic heterocycles. The van der Waals surface area contributed by atoms with Crippen molar-refractivity contribution < 1.29 is 9.18 Å². The number of unbranched alkanes of at least 4 members (excludes halogenated alkanes) is 1. The highest BCUT2D eigenvalue weighted by atomic mass is 35.5. The standard InChI is InChI=1S/C11H12ClFO/c1-2-3-4-11(14)8-5-6-9(12)10(13)7-8/h5-7H,2-4H2,1H3. The first kappa shape index (κ1) is 11.2. The van der Waals surface area contributed by atoms with Gasteiger partial charge in [0.15, 0.2) is 5.78 Å². The summed E-state index contributed by atoms with van der Waals surface area (Å²) >= 11 is 5.50. The Hall–Kier alpha value is -0.890. The highest BCUT2D eigenvalue weighted by molar-refractivity contribution is 6.30. The van der Waals surface area contributed by atoms with Crippen LogP contribution in [0.3, 0.4) is 0 Å². The Morgan fingerprint density at radius 2 is 2.21 bits per heavy atom. The molecule has 0 aliphatic carbocycles. The fraction of sp³-hybridized carbons (Fsp3) is 0.364. The van der Waals surface area contributed by atoms with E-state index in [4.69, 9.17) is 11.6 Å². The number of halogens is 2. The van der Waals surface area contributed by atoms with Gasteiger partial charge in [-0.05, 0) is 24.6 Å². The number of ketones is 1. The maximum atomic E-state index is 13.0. The molecule has 1 rings (SSSR count). The summed E-state index contributed by atoms with van der Waals surface area (Å²) in [6.45, 7) is 2.01. The largest absolute Gasteiger partial charge is 0.294 e. The van der Waals surface area contributed by atoms with E-state index in [9.17, 15) is 9.18 Å². The molecule has 0 radical (unpaired) electrons. The summed E-state index contributed by atoms with van der Waals surface area (Å²) in [5, 5.41) is 0.0528. The van der Waals surface area contributed by atoms with Gasteiger partial charge in [-0.25, -0.2) is 4.39 Å². The molecule has 0 atom stereocenters. The van der Waals surface area contributed by atoms with Crippen LogP contribution in [0, 0.1) is 5.82 Å². The predicted octanol–water partition coefficient (Wildman–Crippen LogP) is 3.85. The van der Waals surface area contributed by atoms with Gasteiger partial charge in [-0.2, -0.15) is 0 Å². The average molecular weight is 215 g/mol. The van der Waals surface area contributed by atoms with E-state index in [0.717, 1.165) is 12.8 Å². The minimum atomic E-state index is -0.533. The zero-order chi connectivity index (χ0) is 10.6. The molecule has 1 nitrogen and oxygen atoms in total. The molecule has 0 amide bonds. The Labute approximate surface area is 87.9 Å². The zero-order valence-electron chi connectivity index (χ0n) is 8.02. The molecule has 0 unspecified atom stereocenters. The van der Waals surface area contributed by atoms with Crippen LogP contribution in [0.5, 0.6) is 0 Å². The highest BCUT2D eigenvalue weighted by Crippen LogP contribution is 2.17. The van der Waals surface area contributed by atoms with E-state index in [1.165, 1.54) is 12.1 Å². The topological polar surface area (TPSA) is 17.1 Å². The van der Waals surface area contributed by atoms with Gasteiger partial charge < -0.3 is 0 Å². The van der Waals surface area contributed by atoms with Crippen LogP contribution in [0.1, 0.15) is 36.5 Å². The van der Waals surface area contributed by atoms with Gasteiger partial charge in [-0.15, -0.1) is 0 Å². The normalized spacial score (nSPS) is 10.2. The van der Waals surface area contributed by atoms with Gasteiger partial charge in [0.25, 0.3) is 0 Å². The summed E-state index contributed by atoms with van der Waals surface area (Å²) in [6, 6.07) is 4.17. The van der Waals surface area contributed by atoms with E-state index < -0.39 is 5.82 Å². The molecule has 14 heavy (non-hydrogen) atoms. The summed E-state index contributed by atoms with van der Waals surface area (Å²) in [5.41, 5.74) is 0.403. The third kappa shape index (κ3) is 2.81. The number of rotatable bonds is 4. The molecular weight excluding hydrogens is 203 g/mol. The maximum absolute atomic E-state index is 13.0. The van der Waals surface area contributed by atoms with Crippen LogP contribution >= 0.6 is 11.6 Å². The van der Waals surface area contributed by atoms with Crippen molar-refractivity contribution in [3.63, 3.8) is 0 Å². The smallest absolute Gasteiger partial charge is 0.162 e. The number of carbonyl (C=O) groups excluding carboxylic acids is 1. The lowest BCUT2D eigenvalue weighted by Crippen LogP contribution is -1.99. The van der Waals surface area contributed by atoms with Crippen LogP contribution in [0.4, 0.5) is 4.39 Å². The third-order valence-electron chi connectivity index (χ3n) is 2.00. The second-order valence-electron chi connectivity index (χ2n) is 3.16. The zero-order valence-corrected chi connectivity index (χ0v) is 8.77. The van der Waals surface area contributed by atoms with E-state index >= 15 is 0 Å². The molecule has 0 aliphatic rings. The van der Waals surface area contributed by atoms with Gasteiger partial charge >= 0.3 is 0 Å². The Bertz CT molecular complexity index is 336. The van der Waals surface area contributed by atoms with Gasteiger partial charge in [0.05, 0.1) is 5.02 Å². The molecule has 3 heteroatoms. The van der Waals surface area contributed by atoms with Gasteiger partial charge in [0.2, 0.25) is 0 Å². The first-order valence-corrected chi connectivity index (χ1v) is 5.01. The molecule has 0 N–H and O–H groups in total. The monoisotopic (exact) mass is 214 g/mol. The summed E-state index contributed by atoms with van der Waals surface area (Å²) in [5.74, 6) is -0.559. The molecule has 0 saturated heterocycles. The second kappa shape index (κ2) is 5.11. The van der Waals surface area contributed by atoms with Crippen molar-refractivity contribution in [1.29, 1.82) is 0 Å². The van der Waals surface area contributed by atoms with Crippen molar-refractivity contribution in [2.24, 2.45) is 0 Å². The average Bonchev–Trinajstić information content (AvgIpc) is 2.18. The van der Waals surface area contributed by atoms with Crippen molar-refractivity contribution in [1.82, 2.24) is 0 Å². The molecule has 0 saturated carbocycles. The first-order valence-electron chi connectivity index (χ1n) is 4.63. The molecule has 0 bridgehead atoms. The molecule has 0 spiro atoms. The second-order valence-corrected chi connectivity index (χ2v) is 3.56. The summed E-state index contributed by atoms with van der Waals surface area (Å²) in [4.78, 5) is 11.5. The fourth-order valence-corrected chi connectivity index (χ4v) is 1.27. The van der Waals surface area contributed by atoms with Crippen molar-refractivity contribution in [3.8, 4) is 0 Å². The molecule has 1 aromatic rings. The Morgan fingerprint density at radius 1 is 1.50 bits per heavy atom. The lowest BCUT2D eigenvalue weighted by Gasteiger charge is -2.00. The summed E-state index contributed by atoms with van der Waals surface area (Å²) in [6.07, 6.45) is 2.27. The van der Waals surface area contributed by atoms with E-state index in [-0.39, 0.29) is 10.8 Å². The molecular formula is C11H12ClFO. The Kier molecular flexibility index (Phi) is 4.08. The molecule has 1 aromatic carbocycles. The Morgan fingerprint density at radius 3 is 2.79 bits per heavy atom. The number of Topliss-reactive ketones (excluding diaryl/α,β-unsaturated/α-hetero) is 1. The maximum Gasteiger partial charge on any atom is 0.162 e. The fourth-order valence-electron chi connectivity index (χ4n) is 1.15.